The Morgan fingerprint density at radius 1 is 0.625 bits per heavy atom. The molecular formula is C22H26N2. The van der Waals surface area contributed by atoms with Crippen LogP contribution in [0.4, 0.5) is 11.4 Å². The molecule has 0 unspecified atom stereocenters. The third-order valence-corrected chi connectivity index (χ3v) is 4.73. The third kappa shape index (κ3) is 3.53. The topological polar surface area (TPSA) is 6.48 Å². The monoisotopic (exact) mass is 318 g/mol. The number of piperazine rings is 1. The summed E-state index contributed by atoms with van der Waals surface area (Å²) in [6.45, 7) is 16.3. The summed E-state index contributed by atoms with van der Waals surface area (Å²) in [7, 11) is 0. The van der Waals surface area contributed by atoms with Gasteiger partial charge >= 0.3 is 0 Å². The Balaban J connectivity index is 1.62. The number of nitrogens with zero attached hydrogens (tertiary/aromatic N) is 2. The fourth-order valence-electron chi connectivity index (χ4n) is 3.14. The zero-order valence-electron chi connectivity index (χ0n) is 14.8. The second-order valence-electron chi connectivity index (χ2n) is 6.63. The highest BCUT2D eigenvalue weighted by atomic mass is 15.3. The van der Waals surface area contributed by atoms with Crippen LogP contribution in [-0.4, -0.2) is 26.2 Å². The Morgan fingerprint density at radius 2 is 0.917 bits per heavy atom. The zero-order chi connectivity index (χ0) is 17.1. The summed E-state index contributed by atoms with van der Waals surface area (Å²) in [4.78, 5) is 4.92. The molecule has 1 aliphatic rings. The van der Waals surface area contributed by atoms with Crippen LogP contribution in [0.1, 0.15) is 25.0 Å². The lowest BCUT2D eigenvalue weighted by Crippen LogP contribution is -2.46. The van der Waals surface area contributed by atoms with Gasteiger partial charge in [-0.05, 0) is 49.2 Å². The Bertz CT molecular complexity index is 652. The third-order valence-electron chi connectivity index (χ3n) is 4.73. The standard InChI is InChI=1S/C22H26N2/c1-17(2)19-5-9-21(10-6-19)23-13-15-24(16-14-23)22-11-7-20(8-12-22)18(3)4/h5-12H,1,3,13-16H2,2,4H3. The lowest BCUT2D eigenvalue weighted by Gasteiger charge is -2.37. The van der Waals surface area contributed by atoms with Crippen LogP contribution < -0.4 is 9.80 Å². The molecule has 0 amide bonds. The smallest absolute Gasteiger partial charge is 0.0367 e. The van der Waals surface area contributed by atoms with Crippen molar-refractivity contribution in [2.24, 2.45) is 0 Å². The normalized spacial score (nSPS) is 14.6. The van der Waals surface area contributed by atoms with Gasteiger partial charge in [-0.15, -0.1) is 0 Å². The first kappa shape index (κ1) is 16.4. The van der Waals surface area contributed by atoms with Crippen LogP contribution in [0.3, 0.4) is 0 Å². The van der Waals surface area contributed by atoms with Crippen molar-refractivity contribution in [2.75, 3.05) is 36.0 Å². The molecule has 0 N–H and O–H groups in total. The SMILES string of the molecule is C=C(C)c1ccc(N2CCN(c3ccc(C(=C)C)cc3)CC2)cc1. The minimum absolute atomic E-state index is 1.05. The van der Waals surface area contributed by atoms with E-state index < -0.39 is 0 Å². The van der Waals surface area contributed by atoms with E-state index in [9.17, 15) is 0 Å². The van der Waals surface area contributed by atoms with Gasteiger partial charge in [-0.25, -0.2) is 0 Å². The maximum absolute atomic E-state index is 4.00. The molecule has 0 aliphatic carbocycles. The molecule has 2 nitrogen and oxygen atoms in total. The van der Waals surface area contributed by atoms with Gasteiger partial charge in [-0.2, -0.15) is 0 Å². The molecule has 2 aromatic rings. The molecule has 3 rings (SSSR count). The minimum Gasteiger partial charge on any atom is -0.368 e. The maximum Gasteiger partial charge on any atom is 0.0367 e. The van der Waals surface area contributed by atoms with Crippen LogP contribution in [0.25, 0.3) is 11.1 Å². The largest absolute Gasteiger partial charge is 0.368 e. The van der Waals surface area contributed by atoms with Crippen molar-refractivity contribution < 1.29 is 0 Å². The number of anilines is 2. The summed E-state index contributed by atoms with van der Waals surface area (Å²) in [6, 6.07) is 17.5. The van der Waals surface area contributed by atoms with Gasteiger partial charge in [0.05, 0.1) is 0 Å². The average molecular weight is 318 g/mol. The van der Waals surface area contributed by atoms with E-state index in [-0.39, 0.29) is 0 Å². The van der Waals surface area contributed by atoms with Gasteiger partial charge in [-0.3, -0.25) is 0 Å². The Labute approximate surface area is 145 Å². The minimum atomic E-state index is 1.05. The van der Waals surface area contributed by atoms with Crippen molar-refractivity contribution in [3.05, 3.63) is 72.8 Å². The maximum atomic E-state index is 4.00. The van der Waals surface area contributed by atoms with E-state index in [1.165, 1.54) is 22.5 Å². The Hall–Kier alpha value is -2.48. The molecule has 0 bridgehead atoms. The van der Waals surface area contributed by atoms with Crippen LogP contribution in [-0.2, 0) is 0 Å². The van der Waals surface area contributed by atoms with E-state index >= 15 is 0 Å². The molecule has 1 heterocycles. The molecule has 0 saturated carbocycles. The molecule has 0 aromatic heterocycles. The van der Waals surface area contributed by atoms with Gasteiger partial charge < -0.3 is 9.80 Å². The van der Waals surface area contributed by atoms with Crippen LogP contribution in [0.2, 0.25) is 0 Å². The van der Waals surface area contributed by atoms with E-state index in [0.29, 0.717) is 0 Å². The molecule has 2 heteroatoms. The summed E-state index contributed by atoms with van der Waals surface area (Å²) in [5.74, 6) is 0. The highest BCUT2D eigenvalue weighted by Gasteiger charge is 2.17. The number of rotatable bonds is 4. The van der Waals surface area contributed by atoms with Crippen LogP contribution in [0.15, 0.2) is 61.7 Å². The van der Waals surface area contributed by atoms with Crippen molar-refractivity contribution in [3.63, 3.8) is 0 Å². The van der Waals surface area contributed by atoms with Crippen molar-refractivity contribution in [1.29, 1.82) is 0 Å². The molecule has 1 saturated heterocycles. The van der Waals surface area contributed by atoms with E-state index in [1.807, 2.05) is 13.8 Å². The van der Waals surface area contributed by atoms with Crippen LogP contribution in [0.5, 0.6) is 0 Å². The molecule has 0 spiro atoms. The lowest BCUT2D eigenvalue weighted by molar-refractivity contribution is 0.653. The highest BCUT2D eigenvalue weighted by Crippen LogP contribution is 2.23. The van der Waals surface area contributed by atoms with E-state index in [1.54, 1.807) is 0 Å². The summed E-state index contributed by atoms with van der Waals surface area (Å²) in [5.41, 5.74) is 7.27. The predicted molar refractivity (Wildman–Crippen MR) is 107 cm³/mol. The molecule has 24 heavy (non-hydrogen) atoms. The molecular weight excluding hydrogens is 292 g/mol. The van der Waals surface area contributed by atoms with Gasteiger partial charge in [0.15, 0.2) is 0 Å². The van der Waals surface area contributed by atoms with Gasteiger partial charge in [0.2, 0.25) is 0 Å². The van der Waals surface area contributed by atoms with Crippen molar-refractivity contribution in [1.82, 2.24) is 0 Å². The molecule has 1 fully saturated rings. The van der Waals surface area contributed by atoms with E-state index in [2.05, 4.69) is 71.5 Å². The second kappa shape index (κ2) is 6.96. The van der Waals surface area contributed by atoms with Gasteiger partial charge in [-0.1, -0.05) is 48.6 Å². The summed E-state index contributed by atoms with van der Waals surface area (Å²) < 4.78 is 0. The Kier molecular flexibility index (Phi) is 4.75. The second-order valence-corrected chi connectivity index (χ2v) is 6.63. The van der Waals surface area contributed by atoms with E-state index in [4.69, 9.17) is 0 Å². The van der Waals surface area contributed by atoms with Crippen LogP contribution in [0, 0.1) is 0 Å². The summed E-state index contributed by atoms with van der Waals surface area (Å²) >= 11 is 0. The lowest BCUT2D eigenvalue weighted by atomic mass is 10.1. The molecule has 1 aliphatic heterocycles. The fourth-order valence-corrected chi connectivity index (χ4v) is 3.14. The number of allylic oxidation sites excluding steroid dienone is 2. The zero-order valence-corrected chi connectivity index (χ0v) is 14.8. The molecule has 124 valence electrons. The predicted octanol–water partition coefficient (Wildman–Crippen LogP) is 5.08. The molecule has 2 aromatic carbocycles. The highest BCUT2D eigenvalue weighted by molar-refractivity contribution is 5.65. The van der Waals surface area contributed by atoms with Crippen molar-refractivity contribution in [2.45, 2.75) is 13.8 Å². The van der Waals surface area contributed by atoms with Gasteiger partial charge in [0.25, 0.3) is 0 Å². The number of hydrogen-bond donors (Lipinski definition) is 0. The van der Waals surface area contributed by atoms with Gasteiger partial charge in [0.1, 0.15) is 0 Å². The number of hydrogen-bond acceptors (Lipinski definition) is 2. The first-order chi connectivity index (χ1) is 11.5. The van der Waals surface area contributed by atoms with Crippen molar-refractivity contribution >= 4 is 22.5 Å². The van der Waals surface area contributed by atoms with Gasteiger partial charge in [0, 0.05) is 37.6 Å². The van der Waals surface area contributed by atoms with E-state index in [0.717, 1.165) is 37.3 Å². The molecule has 0 radical (unpaired) electrons. The molecule has 0 atom stereocenters. The van der Waals surface area contributed by atoms with Crippen molar-refractivity contribution in [3.8, 4) is 0 Å². The quantitative estimate of drug-likeness (QED) is 0.775. The number of benzene rings is 2. The summed E-state index contributed by atoms with van der Waals surface area (Å²) in [5, 5.41) is 0. The fraction of sp³-hybridized carbons (Fsp3) is 0.273. The average Bonchev–Trinajstić information content (AvgIpc) is 2.62. The first-order valence-corrected chi connectivity index (χ1v) is 8.56. The summed E-state index contributed by atoms with van der Waals surface area (Å²) in [6.07, 6.45) is 0. The van der Waals surface area contributed by atoms with Crippen LogP contribution >= 0.6 is 0 Å². The Morgan fingerprint density at radius 3 is 1.17 bits per heavy atom. The first-order valence-electron chi connectivity index (χ1n) is 8.56.